The van der Waals surface area contributed by atoms with Crippen LogP contribution in [0.1, 0.15) is 0 Å². The Morgan fingerprint density at radius 2 is 2.00 bits per heavy atom. The summed E-state index contributed by atoms with van der Waals surface area (Å²) >= 11 is 0. The van der Waals surface area contributed by atoms with Gasteiger partial charge >= 0.3 is 0 Å². The quantitative estimate of drug-likeness (QED) is 0.844. The molecule has 16 heavy (non-hydrogen) atoms. The van der Waals surface area contributed by atoms with Crippen molar-refractivity contribution in [2.24, 2.45) is 5.73 Å². The zero-order valence-electron chi connectivity index (χ0n) is 9.26. The van der Waals surface area contributed by atoms with Gasteiger partial charge in [0.1, 0.15) is 5.75 Å². The van der Waals surface area contributed by atoms with Crippen LogP contribution >= 0.6 is 0 Å². The first kappa shape index (κ1) is 10.7. The van der Waals surface area contributed by atoms with Gasteiger partial charge in [-0.25, -0.2) is 0 Å². The van der Waals surface area contributed by atoms with Crippen LogP contribution in [0.4, 0.5) is 0 Å². The van der Waals surface area contributed by atoms with Gasteiger partial charge in [0.2, 0.25) is 0 Å². The van der Waals surface area contributed by atoms with Crippen LogP contribution in [0.25, 0.3) is 11.1 Å². The Morgan fingerprint density at radius 3 is 2.62 bits per heavy atom. The van der Waals surface area contributed by atoms with Crippen molar-refractivity contribution < 1.29 is 4.74 Å². The van der Waals surface area contributed by atoms with E-state index < -0.39 is 0 Å². The highest BCUT2D eigenvalue weighted by molar-refractivity contribution is 5.62. The smallest absolute Gasteiger partial charge is 0.118 e. The Kier molecular flexibility index (Phi) is 3.22. The lowest BCUT2D eigenvalue weighted by Gasteiger charge is -2.00. The molecule has 0 radical (unpaired) electrons. The number of nitrogens with zero attached hydrogens (tertiary/aromatic N) is 2. The third-order valence-electron chi connectivity index (χ3n) is 2.41. The maximum absolute atomic E-state index is 5.47. The zero-order chi connectivity index (χ0) is 11.4. The van der Waals surface area contributed by atoms with Crippen molar-refractivity contribution in [3.8, 4) is 16.9 Å². The maximum Gasteiger partial charge on any atom is 0.118 e. The van der Waals surface area contributed by atoms with Crippen LogP contribution in [-0.2, 0) is 6.54 Å². The number of hydrogen-bond acceptors (Lipinski definition) is 3. The number of aromatic nitrogens is 2. The topological polar surface area (TPSA) is 53.1 Å². The fraction of sp³-hybridized carbons (Fsp3) is 0.250. The number of methoxy groups -OCH3 is 1. The normalized spacial score (nSPS) is 10.4. The molecule has 0 amide bonds. The molecular weight excluding hydrogens is 202 g/mol. The Morgan fingerprint density at radius 1 is 1.25 bits per heavy atom. The van der Waals surface area contributed by atoms with E-state index in [1.54, 1.807) is 7.11 Å². The molecule has 0 bridgehead atoms. The summed E-state index contributed by atoms with van der Waals surface area (Å²) in [5.74, 6) is 0.859. The van der Waals surface area contributed by atoms with E-state index in [4.69, 9.17) is 10.5 Å². The van der Waals surface area contributed by atoms with E-state index in [0.717, 1.165) is 23.4 Å². The summed E-state index contributed by atoms with van der Waals surface area (Å²) in [7, 11) is 1.66. The summed E-state index contributed by atoms with van der Waals surface area (Å²) in [6.45, 7) is 1.35. The molecular formula is C12H15N3O. The molecule has 4 nitrogen and oxygen atoms in total. The summed E-state index contributed by atoms with van der Waals surface area (Å²) in [6.07, 6.45) is 3.84. The molecule has 2 N–H and O–H groups in total. The van der Waals surface area contributed by atoms with Crippen LogP contribution in [0.5, 0.6) is 5.75 Å². The summed E-state index contributed by atoms with van der Waals surface area (Å²) < 4.78 is 6.96. The second-order valence-electron chi connectivity index (χ2n) is 3.51. The maximum atomic E-state index is 5.47. The van der Waals surface area contributed by atoms with Gasteiger partial charge < -0.3 is 10.5 Å². The molecule has 0 aliphatic heterocycles. The predicted octanol–water partition coefficient (Wildman–Crippen LogP) is 1.52. The van der Waals surface area contributed by atoms with E-state index in [1.165, 1.54) is 0 Å². The van der Waals surface area contributed by atoms with Gasteiger partial charge in [0, 0.05) is 18.3 Å². The second kappa shape index (κ2) is 4.81. The minimum atomic E-state index is 0.601. The number of hydrogen-bond donors (Lipinski definition) is 1. The van der Waals surface area contributed by atoms with E-state index in [-0.39, 0.29) is 0 Å². The highest BCUT2D eigenvalue weighted by atomic mass is 16.5. The van der Waals surface area contributed by atoms with E-state index in [2.05, 4.69) is 5.10 Å². The highest BCUT2D eigenvalue weighted by Gasteiger charge is 2.01. The van der Waals surface area contributed by atoms with E-state index in [0.29, 0.717) is 6.54 Å². The second-order valence-corrected chi connectivity index (χ2v) is 3.51. The standard InChI is InChI=1S/C12H15N3O/c1-16-12-4-2-10(3-5-12)11-8-14-15(9-11)7-6-13/h2-5,8-9H,6-7,13H2,1H3. The van der Waals surface area contributed by atoms with Crippen LogP contribution in [-0.4, -0.2) is 23.4 Å². The molecule has 0 aliphatic rings. The summed E-state index contributed by atoms with van der Waals surface area (Å²) in [5.41, 5.74) is 7.69. The number of rotatable bonds is 4. The van der Waals surface area contributed by atoms with E-state index in [1.807, 2.05) is 41.3 Å². The lowest BCUT2D eigenvalue weighted by atomic mass is 10.1. The van der Waals surface area contributed by atoms with Crippen molar-refractivity contribution in [3.05, 3.63) is 36.7 Å². The average molecular weight is 217 g/mol. The van der Waals surface area contributed by atoms with Crippen LogP contribution in [0, 0.1) is 0 Å². The van der Waals surface area contributed by atoms with Crippen LogP contribution in [0.15, 0.2) is 36.7 Å². The van der Waals surface area contributed by atoms with Crippen molar-refractivity contribution in [1.82, 2.24) is 9.78 Å². The molecule has 0 saturated carbocycles. The number of benzene rings is 1. The van der Waals surface area contributed by atoms with Gasteiger partial charge in [0.15, 0.2) is 0 Å². The Bertz CT molecular complexity index is 448. The average Bonchev–Trinajstić information content (AvgIpc) is 2.78. The molecule has 0 atom stereocenters. The molecule has 0 aliphatic carbocycles. The first-order valence-corrected chi connectivity index (χ1v) is 5.20. The van der Waals surface area contributed by atoms with Gasteiger partial charge in [0.05, 0.1) is 19.9 Å². The summed E-state index contributed by atoms with van der Waals surface area (Å²) in [6, 6.07) is 7.91. The van der Waals surface area contributed by atoms with Crippen LogP contribution in [0.3, 0.4) is 0 Å². The zero-order valence-corrected chi connectivity index (χ0v) is 9.26. The third-order valence-corrected chi connectivity index (χ3v) is 2.41. The van der Waals surface area contributed by atoms with Crippen LogP contribution in [0.2, 0.25) is 0 Å². The predicted molar refractivity (Wildman–Crippen MR) is 63.3 cm³/mol. The molecule has 0 fully saturated rings. The molecule has 0 unspecified atom stereocenters. The largest absolute Gasteiger partial charge is 0.497 e. The number of nitrogens with two attached hydrogens (primary N) is 1. The van der Waals surface area contributed by atoms with Crippen molar-refractivity contribution in [2.75, 3.05) is 13.7 Å². The fourth-order valence-corrected chi connectivity index (χ4v) is 1.55. The van der Waals surface area contributed by atoms with Crippen molar-refractivity contribution in [1.29, 1.82) is 0 Å². The molecule has 4 heteroatoms. The highest BCUT2D eigenvalue weighted by Crippen LogP contribution is 2.21. The third kappa shape index (κ3) is 2.23. The van der Waals surface area contributed by atoms with Crippen molar-refractivity contribution in [2.45, 2.75) is 6.54 Å². The Hall–Kier alpha value is -1.81. The minimum absolute atomic E-state index is 0.601. The Balaban J connectivity index is 2.21. The molecule has 1 aromatic heterocycles. The van der Waals surface area contributed by atoms with Gasteiger partial charge in [-0.2, -0.15) is 5.10 Å². The number of ether oxygens (including phenoxy) is 1. The first-order chi connectivity index (χ1) is 7.83. The molecule has 0 spiro atoms. The SMILES string of the molecule is COc1ccc(-c2cnn(CCN)c2)cc1. The Labute approximate surface area is 94.6 Å². The van der Waals surface area contributed by atoms with E-state index in [9.17, 15) is 0 Å². The minimum Gasteiger partial charge on any atom is -0.497 e. The van der Waals surface area contributed by atoms with E-state index >= 15 is 0 Å². The molecule has 1 heterocycles. The monoisotopic (exact) mass is 217 g/mol. The van der Waals surface area contributed by atoms with Gasteiger partial charge in [-0.1, -0.05) is 12.1 Å². The van der Waals surface area contributed by atoms with Gasteiger partial charge in [-0.05, 0) is 17.7 Å². The van der Waals surface area contributed by atoms with Gasteiger partial charge in [0.25, 0.3) is 0 Å². The van der Waals surface area contributed by atoms with Crippen molar-refractivity contribution in [3.63, 3.8) is 0 Å². The lowest BCUT2D eigenvalue weighted by molar-refractivity contribution is 0.415. The lowest BCUT2D eigenvalue weighted by Crippen LogP contribution is -2.09. The summed E-state index contributed by atoms with van der Waals surface area (Å²) in [5, 5.41) is 4.23. The van der Waals surface area contributed by atoms with Gasteiger partial charge in [-0.15, -0.1) is 0 Å². The van der Waals surface area contributed by atoms with Gasteiger partial charge in [-0.3, -0.25) is 4.68 Å². The fourth-order valence-electron chi connectivity index (χ4n) is 1.55. The first-order valence-electron chi connectivity index (χ1n) is 5.20. The molecule has 2 aromatic rings. The molecule has 1 aromatic carbocycles. The van der Waals surface area contributed by atoms with Crippen molar-refractivity contribution >= 4 is 0 Å². The summed E-state index contributed by atoms with van der Waals surface area (Å²) in [4.78, 5) is 0. The molecule has 0 saturated heterocycles. The van der Waals surface area contributed by atoms with Crippen LogP contribution < -0.4 is 10.5 Å². The molecule has 84 valence electrons. The molecule has 2 rings (SSSR count).